The molecule has 1 saturated heterocycles. The Bertz CT molecular complexity index is 481. The van der Waals surface area contributed by atoms with Gasteiger partial charge in [-0.05, 0) is 12.1 Å². The third-order valence-electron chi connectivity index (χ3n) is 2.36. The number of rotatable bonds is 3. The number of hydrogen-bond acceptors (Lipinski definition) is 6. The fraction of sp³-hybridized carbons (Fsp3) is 0.273. The van der Waals surface area contributed by atoms with Crippen LogP contribution in [0.1, 0.15) is 23.3 Å². The van der Waals surface area contributed by atoms with Crippen molar-refractivity contribution in [3.63, 3.8) is 0 Å². The van der Waals surface area contributed by atoms with E-state index in [2.05, 4.69) is 9.82 Å². The maximum Gasteiger partial charge on any atom is 0.382 e. The van der Waals surface area contributed by atoms with E-state index < -0.39 is 17.8 Å². The van der Waals surface area contributed by atoms with Crippen molar-refractivity contribution in [1.82, 2.24) is 10.0 Å². The summed E-state index contributed by atoms with van der Waals surface area (Å²) in [5.41, 5.74) is -0.0108. The quantitative estimate of drug-likeness (QED) is 0.718. The predicted octanol–water partition coefficient (Wildman–Crippen LogP) is 0.311. The van der Waals surface area contributed by atoms with E-state index in [-0.39, 0.29) is 18.5 Å². The van der Waals surface area contributed by atoms with Crippen molar-refractivity contribution in [2.75, 3.05) is 7.11 Å². The van der Waals surface area contributed by atoms with E-state index in [1.807, 2.05) is 0 Å². The molecule has 0 unspecified atom stereocenters. The predicted molar refractivity (Wildman–Crippen MR) is 57.3 cm³/mol. The molecule has 0 radical (unpaired) electrons. The fourth-order valence-electron chi connectivity index (χ4n) is 1.41. The molecule has 1 fully saturated rings. The average Bonchev–Trinajstić information content (AvgIpc) is 2.70. The van der Waals surface area contributed by atoms with Gasteiger partial charge in [0, 0.05) is 12.8 Å². The van der Waals surface area contributed by atoms with Gasteiger partial charge in [0.1, 0.15) is 5.75 Å². The van der Waals surface area contributed by atoms with Gasteiger partial charge in [0.05, 0.1) is 13.3 Å². The van der Waals surface area contributed by atoms with Crippen LogP contribution in [0.25, 0.3) is 0 Å². The van der Waals surface area contributed by atoms with E-state index in [9.17, 15) is 14.4 Å². The average molecular weight is 250 g/mol. The first kappa shape index (κ1) is 12.0. The minimum absolute atomic E-state index is 0.0108. The summed E-state index contributed by atoms with van der Waals surface area (Å²) in [5.74, 6) is -1.43. The van der Waals surface area contributed by atoms with Crippen LogP contribution in [-0.2, 0) is 14.4 Å². The Morgan fingerprint density at radius 3 is 2.44 bits per heavy atom. The van der Waals surface area contributed by atoms with Crippen molar-refractivity contribution in [3.8, 4) is 5.75 Å². The molecule has 7 nitrogen and oxygen atoms in total. The Morgan fingerprint density at radius 2 is 1.94 bits per heavy atom. The number of ether oxygens (including phenoxy) is 1. The Hall–Kier alpha value is -2.44. The van der Waals surface area contributed by atoms with Gasteiger partial charge in [-0.1, -0.05) is 0 Å². The van der Waals surface area contributed by atoms with Gasteiger partial charge in [-0.2, -0.15) is 0 Å². The number of hydroxylamine groups is 2. The van der Waals surface area contributed by atoms with Gasteiger partial charge in [-0.15, -0.1) is 5.06 Å². The topological polar surface area (TPSA) is 85.8 Å². The van der Waals surface area contributed by atoms with E-state index in [0.717, 1.165) is 0 Å². The van der Waals surface area contributed by atoms with Crippen LogP contribution in [-0.4, -0.2) is 34.9 Å². The Morgan fingerprint density at radius 1 is 1.28 bits per heavy atom. The number of aromatic nitrogens is 1. The number of nitrogens with zero attached hydrogens (tertiary/aromatic N) is 2. The van der Waals surface area contributed by atoms with Gasteiger partial charge >= 0.3 is 5.97 Å². The zero-order valence-electron chi connectivity index (χ0n) is 9.58. The van der Waals surface area contributed by atoms with Gasteiger partial charge in [-0.3, -0.25) is 9.59 Å². The van der Waals surface area contributed by atoms with Gasteiger partial charge < -0.3 is 9.57 Å². The molecule has 0 N–H and O–H groups in total. The molecule has 0 spiro atoms. The van der Waals surface area contributed by atoms with Crippen LogP contribution in [0.5, 0.6) is 5.75 Å². The number of carbonyl (C=O) groups is 3. The zero-order valence-corrected chi connectivity index (χ0v) is 9.58. The molecule has 0 saturated carbocycles. The lowest BCUT2D eigenvalue weighted by Crippen LogP contribution is -2.32. The summed E-state index contributed by atoms with van der Waals surface area (Å²) in [4.78, 5) is 42.6. The fourth-order valence-corrected chi connectivity index (χ4v) is 1.41. The molecule has 0 aliphatic carbocycles. The molecule has 2 amide bonds. The molecular weight excluding hydrogens is 240 g/mol. The second kappa shape index (κ2) is 4.82. The molecule has 18 heavy (non-hydrogen) atoms. The Balaban J connectivity index is 2.07. The zero-order chi connectivity index (χ0) is 13.1. The van der Waals surface area contributed by atoms with Crippen molar-refractivity contribution in [1.29, 1.82) is 0 Å². The lowest BCUT2D eigenvalue weighted by atomic mass is 10.3. The first-order valence-electron chi connectivity index (χ1n) is 5.20. The van der Waals surface area contributed by atoms with Gasteiger partial charge in [-0.25, -0.2) is 9.78 Å². The van der Waals surface area contributed by atoms with Crippen LogP contribution in [0.15, 0.2) is 18.3 Å². The summed E-state index contributed by atoms with van der Waals surface area (Å²) in [7, 11) is 1.47. The lowest BCUT2D eigenvalue weighted by Gasteiger charge is -2.11. The van der Waals surface area contributed by atoms with Crippen LogP contribution < -0.4 is 4.74 Å². The Labute approximate surface area is 102 Å². The van der Waals surface area contributed by atoms with E-state index in [0.29, 0.717) is 10.8 Å². The SMILES string of the molecule is COc1ccc(C(=O)ON2C(=O)CCC2=O)nc1. The van der Waals surface area contributed by atoms with Crippen molar-refractivity contribution < 1.29 is 24.0 Å². The third kappa shape index (κ3) is 2.29. The molecule has 0 bridgehead atoms. The molecule has 94 valence electrons. The van der Waals surface area contributed by atoms with Crippen LogP contribution in [0.2, 0.25) is 0 Å². The maximum absolute atomic E-state index is 11.6. The number of amides is 2. The molecule has 1 aliphatic heterocycles. The molecule has 0 atom stereocenters. The third-order valence-corrected chi connectivity index (χ3v) is 2.36. The highest BCUT2D eigenvalue weighted by molar-refractivity contribution is 6.02. The van der Waals surface area contributed by atoms with Gasteiger partial charge in [0.15, 0.2) is 5.69 Å². The van der Waals surface area contributed by atoms with Crippen molar-refractivity contribution in [2.24, 2.45) is 0 Å². The van der Waals surface area contributed by atoms with E-state index in [1.165, 1.54) is 25.4 Å². The first-order chi connectivity index (χ1) is 8.61. The largest absolute Gasteiger partial charge is 0.495 e. The minimum Gasteiger partial charge on any atom is -0.495 e. The summed E-state index contributed by atoms with van der Waals surface area (Å²) in [6, 6.07) is 2.91. The smallest absolute Gasteiger partial charge is 0.382 e. The summed E-state index contributed by atoms with van der Waals surface area (Å²) in [6.45, 7) is 0. The molecule has 0 aromatic carbocycles. The highest BCUT2D eigenvalue weighted by atomic mass is 16.7. The second-order valence-electron chi connectivity index (χ2n) is 3.54. The standard InChI is InChI=1S/C11H10N2O5/c1-17-7-2-3-8(12-6-7)11(16)18-13-9(14)4-5-10(13)15/h2-3,6H,4-5H2,1H3. The highest BCUT2D eigenvalue weighted by Crippen LogP contribution is 2.14. The summed E-state index contributed by atoms with van der Waals surface area (Å²) in [5, 5.41) is 0.480. The number of imide groups is 1. The second-order valence-corrected chi connectivity index (χ2v) is 3.54. The van der Waals surface area contributed by atoms with Gasteiger partial charge in [0.25, 0.3) is 11.8 Å². The van der Waals surface area contributed by atoms with Crippen LogP contribution in [0, 0.1) is 0 Å². The Kier molecular flexibility index (Phi) is 3.22. The molecule has 7 heteroatoms. The van der Waals surface area contributed by atoms with Crippen LogP contribution in [0.3, 0.4) is 0 Å². The molecule has 2 rings (SSSR count). The molecule has 1 aromatic heterocycles. The van der Waals surface area contributed by atoms with Crippen molar-refractivity contribution in [2.45, 2.75) is 12.8 Å². The summed E-state index contributed by atoms with van der Waals surface area (Å²) in [6.07, 6.45) is 1.45. The molecule has 1 aromatic rings. The van der Waals surface area contributed by atoms with Gasteiger partial charge in [0.2, 0.25) is 0 Å². The normalized spacial score (nSPS) is 14.8. The number of methoxy groups -OCH3 is 1. The van der Waals surface area contributed by atoms with Crippen molar-refractivity contribution >= 4 is 17.8 Å². The summed E-state index contributed by atoms with van der Waals surface area (Å²) < 4.78 is 4.88. The van der Waals surface area contributed by atoms with E-state index >= 15 is 0 Å². The van der Waals surface area contributed by atoms with Crippen LogP contribution in [0.4, 0.5) is 0 Å². The van der Waals surface area contributed by atoms with E-state index in [1.54, 1.807) is 0 Å². The monoisotopic (exact) mass is 250 g/mol. The number of hydrogen-bond donors (Lipinski definition) is 0. The molecular formula is C11H10N2O5. The van der Waals surface area contributed by atoms with Crippen LogP contribution >= 0.6 is 0 Å². The number of carbonyl (C=O) groups excluding carboxylic acids is 3. The number of pyridine rings is 1. The molecule has 2 heterocycles. The maximum atomic E-state index is 11.6. The summed E-state index contributed by atoms with van der Waals surface area (Å²) >= 11 is 0. The first-order valence-corrected chi connectivity index (χ1v) is 5.20. The minimum atomic E-state index is -0.860. The molecule has 1 aliphatic rings. The lowest BCUT2D eigenvalue weighted by molar-refractivity contribution is -0.172. The van der Waals surface area contributed by atoms with E-state index in [4.69, 9.17) is 4.74 Å². The van der Waals surface area contributed by atoms with Crippen molar-refractivity contribution in [3.05, 3.63) is 24.0 Å². The highest BCUT2D eigenvalue weighted by Gasteiger charge is 2.33.